The van der Waals surface area contributed by atoms with Crippen molar-refractivity contribution >= 4 is 28.8 Å². The lowest BCUT2D eigenvalue weighted by Gasteiger charge is -2.13. The first-order chi connectivity index (χ1) is 6.66. The lowest BCUT2D eigenvalue weighted by atomic mass is 10.4. The molecule has 2 nitrogen and oxygen atoms in total. The van der Waals surface area contributed by atoms with E-state index in [-0.39, 0.29) is 11.3 Å². The number of hydrogen-bond acceptors (Lipinski definition) is 2. The van der Waals surface area contributed by atoms with Crippen LogP contribution in [0.25, 0.3) is 0 Å². The summed E-state index contributed by atoms with van der Waals surface area (Å²) in [5.74, 6) is 0.131. The van der Waals surface area contributed by atoms with Crippen molar-refractivity contribution in [2.75, 3.05) is 13.1 Å². The molecule has 1 aliphatic rings. The van der Waals surface area contributed by atoms with Crippen molar-refractivity contribution in [3.05, 3.63) is 21.9 Å². The largest absolute Gasteiger partial charge is 0.336 e. The first-order valence-electron chi connectivity index (χ1n) is 4.66. The highest BCUT2D eigenvalue weighted by Gasteiger charge is 2.25. The molecule has 0 N–H and O–H groups in total. The normalized spacial score (nSPS) is 21.6. The van der Waals surface area contributed by atoms with Crippen LogP contribution >= 0.6 is 22.9 Å². The quantitative estimate of drug-likeness (QED) is 0.678. The predicted molar refractivity (Wildman–Crippen MR) is 59.2 cm³/mol. The predicted octanol–water partition coefficient (Wildman–Crippen LogP) is 2.51. The number of carbonyl (C=O) groups excluding carboxylic acids is 1. The van der Waals surface area contributed by atoms with E-state index in [1.54, 1.807) is 11.3 Å². The second kappa shape index (κ2) is 3.91. The van der Waals surface area contributed by atoms with E-state index in [9.17, 15) is 4.79 Å². The highest BCUT2D eigenvalue weighted by molar-refractivity contribution is 7.13. The summed E-state index contributed by atoms with van der Waals surface area (Å²) in [6.07, 6.45) is 0.914. The summed E-state index contributed by atoms with van der Waals surface area (Å²) in [7, 11) is 0. The molecular weight excluding hydrogens is 218 g/mol. The van der Waals surface area contributed by atoms with Crippen LogP contribution in [0.4, 0.5) is 0 Å². The van der Waals surface area contributed by atoms with Crippen molar-refractivity contribution in [2.24, 2.45) is 0 Å². The van der Waals surface area contributed by atoms with Gasteiger partial charge >= 0.3 is 0 Å². The molecular formula is C10H12ClNOS. The molecule has 0 aliphatic carbocycles. The van der Waals surface area contributed by atoms with E-state index in [4.69, 9.17) is 11.6 Å². The molecule has 1 aromatic heterocycles. The van der Waals surface area contributed by atoms with Crippen molar-refractivity contribution < 1.29 is 4.79 Å². The number of halogens is 1. The van der Waals surface area contributed by atoms with Gasteiger partial charge in [-0.05, 0) is 25.5 Å². The second-order valence-electron chi connectivity index (χ2n) is 3.55. The molecule has 1 atom stereocenters. The monoisotopic (exact) mass is 229 g/mol. The Bertz CT molecular complexity index is 350. The Morgan fingerprint density at radius 1 is 1.64 bits per heavy atom. The molecule has 2 heterocycles. The van der Waals surface area contributed by atoms with Gasteiger partial charge in [0.05, 0.1) is 10.3 Å². The fourth-order valence-corrected chi connectivity index (χ4v) is 2.71. The molecule has 1 fully saturated rings. The molecule has 0 aromatic carbocycles. The van der Waals surface area contributed by atoms with E-state index in [1.165, 1.54) is 4.88 Å². The summed E-state index contributed by atoms with van der Waals surface area (Å²) in [5.41, 5.74) is 0. The molecule has 1 aliphatic heterocycles. The number of thiophene rings is 1. The van der Waals surface area contributed by atoms with Gasteiger partial charge in [-0.2, -0.15) is 0 Å². The van der Waals surface area contributed by atoms with E-state index in [0.717, 1.165) is 17.8 Å². The van der Waals surface area contributed by atoms with Crippen LogP contribution in [-0.4, -0.2) is 29.3 Å². The average Bonchev–Trinajstić information content (AvgIpc) is 2.73. The van der Waals surface area contributed by atoms with Crippen molar-refractivity contribution in [3.63, 3.8) is 0 Å². The van der Waals surface area contributed by atoms with Crippen molar-refractivity contribution in [1.82, 2.24) is 4.90 Å². The number of amides is 1. The third kappa shape index (κ3) is 1.93. The second-order valence-corrected chi connectivity index (χ2v) is 5.45. The SMILES string of the molecule is Cc1ccc(C(=O)N2CCC(Cl)C2)s1. The minimum atomic E-state index is 0.131. The van der Waals surface area contributed by atoms with Crippen LogP contribution in [0.3, 0.4) is 0 Å². The van der Waals surface area contributed by atoms with E-state index in [1.807, 2.05) is 24.0 Å². The zero-order valence-electron chi connectivity index (χ0n) is 8.00. The zero-order chi connectivity index (χ0) is 10.1. The first-order valence-corrected chi connectivity index (χ1v) is 5.92. The number of nitrogens with zero attached hydrogens (tertiary/aromatic N) is 1. The Balaban J connectivity index is 2.09. The van der Waals surface area contributed by atoms with Gasteiger partial charge < -0.3 is 4.90 Å². The molecule has 14 heavy (non-hydrogen) atoms. The molecule has 1 unspecified atom stereocenters. The number of rotatable bonds is 1. The maximum atomic E-state index is 11.9. The molecule has 1 saturated heterocycles. The Hall–Kier alpha value is -0.540. The minimum Gasteiger partial charge on any atom is -0.336 e. The van der Waals surface area contributed by atoms with Crippen molar-refractivity contribution in [3.8, 4) is 0 Å². The molecule has 0 radical (unpaired) electrons. The molecule has 0 saturated carbocycles. The lowest BCUT2D eigenvalue weighted by molar-refractivity contribution is 0.0798. The van der Waals surface area contributed by atoms with Crippen LogP contribution in [0, 0.1) is 6.92 Å². The molecule has 4 heteroatoms. The lowest BCUT2D eigenvalue weighted by Crippen LogP contribution is -2.28. The molecule has 2 rings (SSSR count). The first kappa shape index (κ1) is 9.99. The summed E-state index contributed by atoms with van der Waals surface area (Å²) in [4.78, 5) is 15.7. The molecule has 1 aromatic rings. The van der Waals surface area contributed by atoms with Gasteiger partial charge in [-0.25, -0.2) is 0 Å². The number of aryl methyl sites for hydroxylation is 1. The van der Waals surface area contributed by atoms with E-state index >= 15 is 0 Å². The zero-order valence-corrected chi connectivity index (χ0v) is 9.57. The molecule has 0 spiro atoms. The summed E-state index contributed by atoms with van der Waals surface area (Å²) >= 11 is 7.50. The van der Waals surface area contributed by atoms with Crippen LogP contribution in [-0.2, 0) is 0 Å². The Kier molecular flexibility index (Phi) is 2.79. The summed E-state index contributed by atoms with van der Waals surface area (Å²) in [6.45, 7) is 3.50. The van der Waals surface area contributed by atoms with Gasteiger partial charge in [0.15, 0.2) is 0 Å². The van der Waals surface area contributed by atoms with Crippen molar-refractivity contribution in [2.45, 2.75) is 18.7 Å². The van der Waals surface area contributed by atoms with Crippen LogP contribution in [0.2, 0.25) is 0 Å². The number of likely N-dealkylation sites (tertiary alicyclic amines) is 1. The van der Waals surface area contributed by atoms with E-state index in [0.29, 0.717) is 6.54 Å². The van der Waals surface area contributed by atoms with Crippen LogP contribution in [0.1, 0.15) is 21.0 Å². The maximum absolute atomic E-state index is 11.9. The fourth-order valence-electron chi connectivity index (χ4n) is 1.61. The Labute approximate surface area is 92.5 Å². The summed E-state index contributed by atoms with van der Waals surface area (Å²) in [5, 5.41) is 0.139. The Morgan fingerprint density at radius 2 is 2.43 bits per heavy atom. The van der Waals surface area contributed by atoms with Gasteiger partial charge in [-0.15, -0.1) is 22.9 Å². The molecule has 76 valence electrons. The van der Waals surface area contributed by atoms with Crippen LogP contribution < -0.4 is 0 Å². The molecule has 1 amide bonds. The fraction of sp³-hybridized carbons (Fsp3) is 0.500. The number of hydrogen-bond donors (Lipinski definition) is 0. The van der Waals surface area contributed by atoms with E-state index < -0.39 is 0 Å². The van der Waals surface area contributed by atoms with Crippen molar-refractivity contribution in [1.29, 1.82) is 0 Å². The minimum absolute atomic E-state index is 0.131. The average molecular weight is 230 g/mol. The standard InChI is InChI=1S/C10H12ClNOS/c1-7-2-3-9(14-7)10(13)12-5-4-8(11)6-12/h2-3,8H,4-6H2,1H3. The number of carbonyl (C=O) groups is 1. The van der Waals surface area contributed by atoms with Gasteiger partial charge in [0.2, 0.25) is 0 Å². The smallest absolute Gasteiger partial charge is 0.263 e. The Morgan fingerprint density at radius 3 is 2.93 bits per heavy atom. The van der Waals surface area contributed by atoms with Gasteiger partial charge in [-0.1, -0.05) is 0 Å². The number of alkyl halides is 1. The molecule has 0 bridgehead atoms. The van der Waals surface area contributed by atoms with Gasteiger partial charge in [0.1, 0.15) is 0 Å². The third-order valence-corrected chi connectivity index (χ3v) is 3.71. The van der Waals surface area contributed by atoms with Gasteiger partial charge in [0.25, 0.3) is 5.91 Å². The maximum Gasteiger partial charge on any atom is 0.263 e. The van der Waals surface area contributed by atoms with Gasteiger partial charge in [0, 0.05) is 18.0 Å². The van der Waals surface area contributed by atoms with Gasteiger partial charge in [-0.3, -0.25) is 4.79 Å². The van der Waals surface area contributed by atoms with Crippen LogP contribution in [0.5, 0.6) is 0 Å². The van der Waals surface area contributed by atoms with E-state index in [2.05, 4.69) is 0 Å². The summed E-state index contributed by atoms with van der Waals surface area (Å²) in [6, 6.07) is 3.87. The summed E-state index contributed by atoms with van der Waals surface area (Å²) < 4.78 is 0. The highest BCUT2D eigenvalue weighted by atomic mass is 35.5. The van der Waals surface area contributed by atoms with Crippen LogP contribution in [0.15, 0.2) is 12.1 Å². The topological polar surface area (TPSA) is 20.3 Å². The highest BCUT2D eigenvalue weighted by Crippen LogP contribution is 2.21. The third-order valence-electron chi connectivity index (χ3n) is 2.37.